The highest BCUT2D eigenvalue weighted by atomic mass is 16.5. The number of rotatable bonds is 6. The molecule has 1 atom stereocenters. The minimum absolute atomic E-state index is 0.0796. The lowest BCUT2D eigenvalue weighted by Crippen LogP contribution is -2.37. The van der Waals surface area contributed by atoms with Gasteiger partial charge in [0.05, 0.1) is 7.11 Å². The highest BCUT2D eigenvalue weighted by Crippen LogP contribution is 2.22. The lowest BCUT2D eigenvalue weighted by Gasteiger charge is -2.23. The molecule has 3 aromatic rings. The number of carbonyl (C=O) groups is 1. The standard InChI is InChI=1S/C22H23NO3/c1-16(26-20-13-12-17-8-4-5-9-18(17)14-20)22(24)23(2)15-19-10-6-7-11-21(19)25-3/h4-14,16H,15H2,1-3H3. The third-order valence-electron chi connectivity index (χ3n) is 4.36. The molecule has 0 heterocycles. The van der Waals surface area contributed by atoms with Crippen LogP contribution in [0.25, 0.3) is 10.8 Å². The molecule has 26 heavy (non-hydrogen) atoms. The SMILES string of the molecule is COc1ccccc1CN(C)C(=O)C(C)Oc1ccc2ccccc2c1. The predicted octanol–water partition coefficient (Wildman–Crippen LogP) is 4.27. The fraction of sp³-hybridized carbons (Fsp3) is 0.227. The van der Waals surface area contributed by atoms with Crippen LogP contribution in [-0.2, 0) is 11.3 Å². The van der Waals surface area contributed by atoms with Crippen LogP contribution in [0.3, 0.4) is 0 Å². The summed E-state index contributed by atoms with van der Waals surface area (Å²) in [7, 11) is 3.40. The number of para-hydroxylation sites is 1. The molecule has 0 aliphatic carbocycles. The van der Waals surface area contributed by atoms with Crippen molar-refractivity contribution in [2.24, 2.45) is 0 Å². The maximum absolute atomic E-state index is 12.7. The number of carbonyl (C=O) groups excluding carboxylic acids is 1. The molecule has 0 bridgehead atoms. The second kappa shape index (κ2) is 7.91. The first-order valence-corrected chi connectivity index (χ1v) is 8.61. The summed E-state index contributed by atoms with van der Waals surface area (Å²) in [6, 6.07) is 21.6. The van der Waals surface area contributed by atoms with Gasteiger partial charge in [0.2, 0.25) is 0 Å². The summed E-state index contributed by atoms with van der Waals surface area (Å²) in [6.45, 7) is 2.24. The quantitative estimate of drug-likeness (QED) is 0.667. The van der Waals surface area contributed by atoms with Crippen LogP contribution in [0, 0.1) is 0 Å². The smallest absolute Gasteiger partial charge is 0.263 e. The second-order valence-corrected chi connectivity index (χ2v) is 6.28. The van der Waals surface area contributed by atoms with Crippen molar-refractivity contribution in [3.8, 4) is 11.5 Å². The van der Waals surface area contributed by atoms with E-state index in [4.69, 9.17) is 9.47 Å². The number of hydrogen-bond acceptors (Lipinski definition) is 3. The van der Waals surface area contributed by atoms with Crippen LogP contribution in [0.1, 0.15) is 12.5 Å². The molecule has 0 radical (unpaired) electrons. The van der Waals surface area contributed by atoms with Crippen LogP contribution in [-0.4, -0.2) is 31.1 Å². The fourth-order valence-corrected chi connectivity index (χ4v) is 2.97. The Morgan fingerprint density at radius 2 is 1.69 bits per heavy atom. The number of hydrogen-bond donors (Lipinski definition) is 0. The molecule has 4 nitrogen and oxygen atoms in total. The van der Waals surface area contributed by atoms with Crippen LogP contribution < -0.4 is 9.47 Å². The summed E-state index contributed by atoms with van der Waals surface area (Å²) in [5.74, 6) is 1.38. The Kier molecular flexibility index (Phi) is 5.42. The summed E-state index contributed by atoms with van der Waals surface area (Å²) in [5.41, 5.74) is 0.962. The van der Waals surface area contributed by atoms with Gasteiger partial charge >= 0.3 is 0 Å². The van der Waals surface area contributed by atoms with E-state index in [2.05, 4.69) is 6.07 Å². The van der Waals surface area contributed by atoms with Crippen LogP contribution >= 0.6 is 0 Å². The maximum atomic E-state index is 12.7. The number of benzene rings is 3. The maximum Gasteiger partial charge on any atom is 0.263 e. The van der Waals surface area contributed by atoms with Gasteiger partial charge in [-0.15, -0.1) is 0 Å². The molecule has 0 aromatic heterocycles. The lowest BCUT2D eigenvalue weighted by atomic mass is 10.1. The number of ether oxygens (including phenoxy) is 2. The van der Waals surface area contributed by atoms with Gasteiger partial charge in [0, 0.05) is 19.2 Å². The molecule has 0 aliphatic rings. The molecule has 0 saturated heterocycles. The van der Waals surface area contributed by atoms with Crippen LogP contribution in [0.15, 0.2) is 66.7 Å². The van der Waals surface area contributed by atoms with Crippen molar-refractivity contribution in [2.75, 3.05) is 14.2 Å². The molecule has 0 fully saturated rings. The predicted molar refractivity (Wildman–Crippen MR) is 104 cm³/mol. The molecule has 0 aliphatic heterocycles. The first-order chi connectivity index (χ1) is 12.6. The van der Waals surface area contributed by atoms with Crippen molar-refractivity contribution in [2.45, 2.75) is 19.6 Å². The molecule has 0 saturated carbocycles. The van der Waals surface area contributed by atoms with Gasteiger partial charge < -0.3 is 14.4 Å². The third-order valence-corrected chi connectivity index (χ3v) is 4.36. The first-order valence-electron chi connectivity index (χ1n) is 8.61. The highest BCUT2D eigenvalue weighted by Gasteiger charge is 2.20. The van der Waals surface area contributed by atoms with Crippen LogP contribution in [0.5, 0.6) is 11.5 Å². The second-order valence-electron chi connectivity index (χ2n) is 6.28. The molecule has 3 rings (SSSR count). The van der Waals surface area contributed by atoms with Crippen molar-refractivity contribution < 1.29 is 14.3 Å². The van der Waals surface area contributed by atoms with Crippen LogP contribution in [0.2, 0.25) is 0 Å². The molecular formula is C22H23NO3. The fourth-order valence-electron chi connectivity index (χ4n) is 2.97. The Balaban J connectivity index is 1.68. The van der Waals surface area contributed by atoms with Gasteiger partial charge in [-0.2, -0.15) is 0 Å². The first kappa shape index (κ1) is 17.8. The highest BCUT2D eigenvalue weighted by molar-refractivity contribution is 5.84. The Morgan fingerprint density at radius 3 is 2.46 bits per heavy atom. The van der Waals surface area contributed by atoms with Crippen molar-refractivity contribution in [3.05, 3.63) is 72.3 Å². The number of fused-ring (bicyclic) bond motifs is 1. The van der Waals surface area contributed by atoms with Gasteiger partial charge in [0.1, 0.15) is 11.5 Å². The average molecular weight is 349 g/mol. The van der Waals surface area contributed by atoms with Crippen LogP contribution in [0.4, 0.5) is 0 Å². The zero-order chi connectivity index (χ0) is 18.5. The minimum atomic E-state index is -0.573. The van der Waals surface area contributed by atoms with Gasteiger partial charge in [-0.25, -0.2) is 0 Å². The van der Waals surface area contributed by atoms with E-state index in [1.807, 2.05) is 60.7 Å². The number of likely N-dealkylation sites (N-methyl/N-ethyl adjacent to an activating group) is 1. The van der Waals surface area contributed by atoms with E-state index in [0.29, 0.717) is 12.3 Å². The van der Waals surface area contributed by atoms with Crippen molar-refractivity contribution in [3.63, 3.8) is 0 Å². The van der Waals surface area contributed by atoms with E-state index in [1.165, 1.54) is 0 Å². The Morgan fingerprint density at radius 1 is 1.00 bits per heavy atom. The zero-order valence-corrected chi connectivity index (χ0v) is 15.3. The molecule has 3 aromatic carbocycles. The molecule has 134 valence electrons. The largest absolute Gasteiger partial charge is 0.496 e. The normalized spacial score (nSPS) is 11.8. The molecule has 0 spiro atoms. The molecule has 4 heteroatoms. The van der Waals surface area contributed by atoms with E-state index in [0.717, 1.165) is 22.1 Å². The third kappa shape index (κ3) is 3.97. The number of amides is 1. The average Bonchev–Trinajstić information content (AvgIpc) is 2.67. The number of nitrogens with zero attached hydrogens (tertiary/aromatic N) is 1. The summed E-state index contributed by atoms with van der Waals surface area (Å²) in [4.78, 5) is 14.3. The van der Waals surface area contributed by atoms with E-state index >= 15 is 0 Å². The molecular weight excluding hydrogens is 326 g/mol. The van der Waals surface area contributed by atoms with E-state index in [9.17, 15) is 4.79 Å². The van der Waals surface area contributed by atoms with Crippen molar-refractivity contribution >= 4 is 16.7 Å². The lowest BCUT2D eigenvalue weighted by molar-refractivity contribution is -0.137. The van der Waals surface area contributed by atoms with Crippen molar-refractivity contribution in [1.29, 1.82) is 0 Å². The zero-order valence-electron chi connectivity index (χ0n) is 15.3. The van der Waals surface area contributed by atoms with Gasteiger partial charge in [0.25, 0.3) is 5.91 Å². The van der Waals surface area contributed by atoms with E-state index in [-0.39, 0.29) is 5.91 Å². The summed E-state index contributed by atoms with van der Waals surface area (Å²) >= 11 is 0. The topological polar surface area (TPSA) is 38.8 Å². The molecule has 1 amide bonds. The Bertz CT molecular complexity index is 907. The molecule has 0 N–H and O–H groups in total. The van der Waals surface area contributed by atoms with Gasteiger partial charge in [-0.05, 0) is 35.9 Å². The summed E-state index contributed by atoms with van der Waals surface area (Å²) < 4.78 is 11.2. The number of methoxy groups -OCH3 is 1. The monoisotopic (exact) mass is 349 g/mol. The van der Waals surface area contributed by atoms with Gasteiger partial charge in [-0.3, -0.25) is 4.79 Å². The summed E-state index contributed by atoms with van der Waals surface area (Å²) in [5, 5.41) is 2.24. The van der Waals surface area contributed by atoms with Gasteiger partial charge in [0.15, 0.2) is 6.10 Å². The van der Waals surface area contributed by atoms with Crippen molar-refractivity contribution in [1.82, 2.24) is 4.90 Å². The Labute approximate surface area is 154 Å². The summed E-state index contributed by atoms with van der Waals surface area (Å²) in [6.07, 6.45) is -0.573. The van der Waals surface area contributed by atoms with E-state index in [1.54, 1.807) is 26.0 Å². The minimum Gasteiger partial charge on any atom is -0.496 e. The molecule has 1 unspecified atom stereocenters. The Hall–Kier alpha value is -3.01. The van der Waals surface area contributed by atoms with E-state index < -0.39 is 6.10 Å². The van der Waals surface area contributed by atoms with Gasteiger partial charge in [-0.1, -0.05) is 48.5 Å².